The number of carboxylic acid groups (broad SMARTS) is 1. The largest absolute Gasteiger partial charge is 0.485 e. The molecule has 3 atom stereocenters. The van der Waals surface area contributed by atoms with Crippen molar-refractivity contribution < 1.29 is 19.0 Å². The number of benzene rings is 1. The molecule has 3 aromatic heterocycles. The maximum Gasteiger partial charge on any atom is 0.407 e. The number of para-hydroxylation sites is 1. The van der Waals surface area contributed by atoms with Crippen molar-refractivity contribution in [3.8, 4) is 17.3 Å². The predicted molar refractivity (Wildman–Crippen MR) is 135 cm³/mol. The second-order valence-electron chi connectivity index (χ2n) is 10.6. The number of aryl methyl sites for hydroxylation is 1. The number of alkyl halides is 1. The number of ether oxygens (including phenoxy) is 1. The van der Waals surface area contributed by atoms with Gasteiger partial charge in [-0.1, -0.05) is 39.0 Å². The van der Waals surface area contributed by atoms with E-state index < -0.39 is 29.7 Å². The minimum Gasteiger partial charge on any atom is -0.485 e. The summed E-state index contributed by atoms with van der Waals surface area (Å²) in [5.41, 5.74) is 2.60. The van der Waals surface area contributed by atoms with Crippen LogP contribution in [-0.2, 0) is 0 Å². The van der Waals surface area contributed by atoms with Crippen LogP contribution in [0.4, 0.5) is 9.18 Å². The van der Waals surface area contributed by atoms with Crippen LogP contribution in [0, 0.1) is 18.3 Å². The standard InChI is InChI=1S/C27H30FN5O3/c1-16-10-13-33-22(14-16)30-31-25(33)19-9-8-17-6-5-7-21(24(17)29-19)36-20-11-12-32(26(34)35)15-18(23(20)28)27(2,3)4/h5-10,13-14,18,20,23H,11-12,15H2,1-4H3,(H,34,35). The second-order valence-corrected chi connectivity index (χ2v) is 10.6. The second kappa shape index (κ2) is 9.04. The molecular weight excluding hydrogens is 461 g/mol. The molecular formula is C27H30FN5O3. The molecule has 4 heterocycles. The van der Waals surface area contributed by atoms with Gasteiger partial charge in [0.2, 0.25) is 0 Å². The van der Waals surface area contributed by atoms with Gasteiger partial charge in [-0.2, -0.15) is 0 Å². The first-order valence-electron chi connectivity index (χ1n) is 12.1. The van der Waals surface area contributed by atoms with E-state index in [9.17, 15) is 9.90 Å². The Morgan fingerprint density at radius 1 is 1.17 bits per heavy atom. The summed E-state index contributed by atoms with van der Waals surface area (Å²) in [6, 6.07) is 13.3. The Labute approximate surface area is 208 Å². The van der Waals surface area contributed by atoms with Crippen LogP contribution in [0.1, 0.15) is 32.8 Å². The molecule has 5 rings (SSSR count). The van der Waals surface area contributed by atoms with Crippen molar-refractivity contribution in [3.05, 3.63) is 54.2 Å². The minimum atomic E-state index is -1.34. The maximum atomic E-state index is 15.9. The van der Waals surface area contributed by atoms with E-state index in [1.807, 2.05) is 74.7 Å². The normalized spacial score (nSPS) is 21.0. The number of fused-ring (bicyclic) bond motifs is 2. The van der Waals surface area contributed by atoms with E-state index >= 15 is 4.39 Å². The lowest BCUT2D eigenvalue weighted by Gasteiger charge is -2.35. The fourth-order valence-electron chi connectivity index (χ4n) is 4.85. The van der Waals surface area contributed by atoms with E-state index in [0.717, 1.165) is 16.6 Å². The third kappa shape index (κ3) is 4.45. The van der Waals surface area contributed by atoms with Crippen molar-refractivity contribution in [1.29, 1.82) is 0 Å². The van der Waals surface area contributed by atoms with Crippen molar-refractivity contribution in [2.24, 2.45) is 11.3 Å². The van der Waals surface area contributed by atoms with Gasteiger partial charge in [0.25, 0.3) is 0 Å². The van der Waals surface area contributed by atoms with Gasteiger partial charge in [0.15, 0.2) is 11.5 Å². The molecule has 0 spiro atoms. The lowest BCUT2D eigenvalue weighted by Crippen LogP contribution is -2.43. The summed E-state index contributed by atoms with van der Waals surface area (Å²) in [6.07, 6.45) is -1.01. The molecule has 3 unspecified atom stereocenters. The zero-order chi connectivity index (χ0) is 25.6. The van der Waals surface area contributed by atoms with Crippen molar-refractivity contribution in [2.75, 3.05) is 13.1 Å². The number of likely N-dealkylation sites (tertiary alicyclic amines) is 1. The molecule has 0 saturated carbocycles. The Balaban J connectivity index is 1.52. The Morgan fingerprint density at radius 3 is 2.72 bits per heavy atom. The molecule has 1 saturated heterocycles. The SMILES string of the molecule is Cc1ccn2c(-c3ccc4cccc(OC5CCN(C(=O)O)CC(C(C)(C)C)C5F)c4n3)nnc2c1. The number of nitrogens with zero attached hydrogens (tertiary/aromatic N) is 5. The number of aromatic nitrogens is 4. The average molecular weight is 492 g/mol. The van der Waals surface area contributed by atoms with Gasteiger partial charge in [-0.05, 0) is 42.2 Å². The molecule has 8 nitrogen and oxygen atoms in total. The monoisotopic (exact) mass is 491 g/mol. The van der Waals surface area contributed by atoms with E-state index in [1.165, 1.54) is 4.90 Å². The van der Waals surface area contributed by atoms with E-state index in [2.05, 4.69) is 10.2 Å². The molecule has 4 aromatic rings. The Hall–Kier alpha value is -3.75. The molecule has 1 aromatic carbocycles. The molecule has 1 aliphatic rings. The van der Waals surface area contributed by atoms with Gasteiger partial charge in [0.05, 0.1) is 0 Å². The quantitative estimate of drug-likeness (QED) is 0.413. The van der Waals surface area contributed by atoms with Crippen LogP contribution < -0.4 is 4.74 Å². The fraction of sp³-hybridized carbons (Fsp3) is 0.407. The zero-order valence-corrected chi connectivity index (χ0v) is 20.8. The molecule has 36 heavy (non-hydrogen) atoms. The molecule has 1 fully saturated rings. The van der Waals surface area contributed by atoms with Crippen LogP contribution in [-0.4, -0.2) is 61.0 Å². The van der Waals surface area contributed by atoms with Gasteiger partial charge < -0.3 is 14.7 Å². The van der Waals surface area contributed by atoms with E-state index in [1.54, 1.807) is 6.07 Å². The van der Waals surface area contributed by atoms with E-state index in [4.69, 9.17) is 9.72 Å². The highest BCUT2D eigenvalue weighted by Crippen LogP contribution is 2.37. The highest BCUT2D eigenvalue weighted by molar-refractivity contribution is 5.86. The predicted octanol–water partition coefficient (Wildman–Crippen LogP) is 5.38. The number of carbonyl (C=O) groups is 1. The summed E-state index contributed by atoms with van der Waals surface area (Å²) in [4.78, 5) is 17.9. The van der Waals surface area contributed by atoms with Gasteiger partial charge >= 0.3 is 6.09 Å². The first-order valence-corrected chi connectivity index (χ1v) is 12.1. The molecule has 1 aliphatic heterocycles. The maximum absolute atomic E-state index is 15.9. The molecule has 188 valence electrons. The third-order valence-corrected chi connectivity index (χ3v) is 6.98. The highest BCUT2D eigenvalue weighted by Gasteiger charge is 2.43. The summed E-state index contributed by atoms with van der Waals surface area (Å²) >= 11 is 0. The number of rotatable bonds is 3. The Morgan fingerprint density at radius 2 is 1.97 bits per heavy atom. The fourth-order valence-corrected chi connectivity index (χ4v) is 4.85. The molecule has 1 N–H and O–H groups in total. The smallest absolute Gasteiger partial charge is 0.407 e. The van der Waals surface area contributed by atoms with Crippen molar-refractivity contribution in [2.45, 2.75) is 46.4 Å². The van der Waals surface area contributed by atoms with Crippen LogP contribution in [0.15, 0.2) is 48.7 Å². The van der Waals surface area contributed by atoms with Crippen molar-refractivity contribution in [3.63, 3.8) is 0 Å². The van der Waals surface area contributed by atoms with Crippen LogP contribution in [0.5, 0.6) is 5.75 Å². The van der Waals surface area contributed by atoms with E-state index in [-0.39, 0.29) is 19.5 Å². The number of pyridine rings is 2. The van der Waals surface area contributed by atoms with Crippen LogP contribution >= 0.6 is 0 Å². The number of amides is 1. The summed E-state index contributed by atoms with van der Waals surface area (Å²) in [6.45, 7) is 8.14. The Bertz CT molecular complexity index is 1430. The van der Waals surface area contributed by atoms with Gasteiger partial charge in [0.1, 0.15) is 29.2 Å². The summed E-state index contributed by atoms with van der Waals surface area (Å²) < 4.78 is 24.1. The molecule has 1 amide bonds. The number of hydrogen-bond acceptors (Lipinski definition) is 5. The summed E-state index contributed by atoms with van der Waals surface area (Å²) in [5, 5.41) is 19.1. The molecule has 0 bridgehead atoms. The van der Waals surface area contributed by atoms with Crippen molar-refractivity contribution in [1.82, 2.24) is 24.5 Å². The van der Waals surface area contributed by atoms with Crippen LogP contribution in [0.2, 0.25) is 0 Å². The lowest BCUT2D eigenvalue weighted by atomic mass is 9.76. The molecule has 0 radical (unpaired) electrons. The molecule has 0 aliphatic carbocycles. The number of hydrogen-bond donors (Lipinski definition) is 1. The summed E-state index contributed by atoms with van der Waals surface area (Å²) in [7, 11) is 0. The summed E-state index contributed by atoms with van der Waals surface area (Å²) in [5.74, 6) is 0.554. The zero-order valence-electron chi connectivity index (χ0n) is 20.8. The van der Waals surface area contributed by atoms with Crippen molar-refractivity contribution >= 4 is 22.6 Å². The highest BCUT2D eigenvalue weighted by atomic mass is 19.1. The van der Waals surface area contributed by atoms with Gasteiger partial charge in [-0.15, -0.1) is 10.2 Å². The topological polar surface area (TPSA) is 92.9 Å². The first-order chi connectivity index (χ1) is 17.1. The van der Waals surface area contributed by atoms with Gasteiger partial charge in [0, 0.05) is 37.0 Å². The average Bonchev–Trinajstić information content (AvgIpc) is 3.16. The van der Waals surface area contributed by atoms with Crippen LogP contribution in [0.25, 0.3) is 28.1 Å². The van der Waals surface area contributed by atoms with E-state index in [0.29, 0.717) is 22.8 Å². The lowest BCUT2D eigenvalue weighted by molar-refractivity contribution is 0.0230. The van der Waals surface area contributed by atoms with Gasteiger partial charge in [-0.25, -0.2) is 14.2 Å². The van der Waals surface area contributed by atoms with Crippen LogP contribution in [0.3, 0.4) is 0 Å². The minimum absolute atomic E-state index is 0.136. The molecule has 9 heteroatoms. The first kappa shape index (κ1) is 24.0. The third-order valence-electron chi connectivity index (χ3n) is 6.98. The number of halogens is 1. The van der Waals surface area contributed by atoms with Gasteiger partial charge in [-0.3, -0.25) is 4.40 Å². The Kier molecular flexibility index (Phi) is 6.02.